The topological polar surface area (TPSA) is 72.9 Å². The minimum absolute atomic E-state index is 0.114. The van der Waals surface area contributed by atoms with Crippen molar-refractivity contribution in [2.24, 2.45) is 0 Å². The van der Waals surface area contributed by atoms with E-state index in [9.17, 15) is 9.59 Å². The van der Waals surface area contributed by atoms with Gasteiger partial charge < -0.3 is 19.6 Å². The first kappa shape index (κ1) is 22.0. The Labute approximate surface area is 187 Å². The van der Waals surface area contributed by atoms with Gasteiger partial charge in [0.05, 0.1) is 16.7 Å². The zero-order chi connectivity index (χ0) is 22.0. The van der Waals surface area contributed by atoms with E-state index in [-0.39, 0.29) is 11.8 Å². The molecule has 0 N–H and O–H groups in total. The highest BCUT2D eigenvalue weighted by Gasteiger charge is 2.37. The van der Waals surface area contributed by atoms with Crippen molar-refractivity contribution >= 4 is 34.6 Å². The van der Waals surface area contributed by atoms with Gasteiger partial charge in [0.25, 0.3) is 0 Å². The third kappa shape index (κ3) is 4.99. The van der Waals surface area contributed by atoms with Crippen LogP contribution in [0.25, 0.3) is 11.0 Å². The third-order valence-corrected chi connectivity index (χ3v) is 7.26. The number of carbonyl (C=O) groups excluding carboxylic acids is 2. The Kier molecular flexibility index (Phi) is 6.74. The molecular formula is C22H30N6O2S. The van der Waals surface area contributed by atoms with Crippen LogP contribution in [-0.2, 0) is 9.59 Å². The van der Waals surface area contributed by atoms with Crippen LogP contribution in [0.4, 0.5) is 0 Å². The number of fused-ring (bicyclic) bond motifs is 1. The first-order chi connectivity index (χ1) is 14.9. The number of likely N-dealkylation sites (N-methyl/N-ethyl adjacent to an activating group) is 2. The van der Waals surface area contributed by atoms with Gasteiger partial charge in [0.1, 0.15) is 5.03 Å². The van der Waals surface area contributed by atoms with Crippen LogP contribution in [0.15, 0.2) is 29.3 Å². The molecule has 166 valence electrons. The molecule has 0 atom stereocenters. The molecule has 8 nitrogen and oxygen atoms in total. The van der Waals surface area contributed by atoms with Crippen LogP contribution in [0.3, 0.4) is 0 Å². The Hall–Kier alpha value is -2.23. The maximum atomic E-state index is 13.5. The Balaban J connectivity index is 1.61. The Morgan fingerprint density at radius 3 is 1.74 bits per heavy atom. The summed E-state index contributed by atoms with van der Waals surface area (Å²) < 4.78 is 0. The highest BCUT2D eigenvalue weighted by Crippen LogP contribution is 2.29. The number of hydrogen-bond acceptors (Lipinski definition) is 7. The summed E-state index contributed by atoms with van der Waals surface area (Å²) in [6.07, 6.45) is 0. The molecule has 0 saturated carbocycles. The van der Waals surface area contributed by atoms with Gasteiger partial charge in [0.15, 0.2) is 5.25 Å². The number of rotatable bonds is 4. The van der Waals surface area contributed by atoms with E-state index < -0.39 is 5.25 Å². The molecule has 1 aromatic heterocycles. The molecule has 2 aliphatic heterocycles. The molecule has 31 heavy (non-hydrogen) atoms. The van der Waals surface area contributed by atoms with E-state index >= 15 is 0 Å². The van der Waals surface area contributed by atoms with Gasteiger partial charge in [-0.3, -0.25) is 9.59 Å². The summed E-state index contributed by atoms with van der Waals surface area (Å²) in [5, 5.41) is -0.186. The molecule has 9 heteroatoms. The number of hydrogen-bond donors (Lipinski definition) is 0. The number of carbonyl (C=O) groups is 2. The summed E-state index contributed by atoms with van der Waals surface area (Å²) in [6, 6.07) is 7.68. The van der Waals surface area contributed by atoms with Crippen molar-refractivity contribution in [1.82, 2.24) is 29.6 Å². The summed E-state index contributed by atoms with van der Waals surface area (Å²) in [5.41, 5.74) is 2.33. The van der Waals surface area contributed by atoms with Crippen LogP contribution < -0.4 is 0 Å². The molecule has 4 rings (SSSR count). The van der Waals surface area contributed by atoms with Crippen molar-refractivity contribution in [2.45, 2.75) is 17.2 Å². The first-order valence-electron chi connectivity index (χ1n) is 10.8. The Morgan fingerprint density at radius 2 is 1.26 bits per heavy atom. The summed E-state index contributed by atoms with van der Waals surface area (Å²) in [5.74, 6) is -0.229. The predicted octanol–water partition coefficient (Wildman–Crippen LogP) is 0.947. The Morgan fingerprint density at radius 1 is 0.806 bits per heavy atom. The molecule has 1 aromatic carbocycles. The number of para-hydroxylation sites is 2. The van der Waals surface area contributed by atoms with Gasteiger partial charge in [-0.25, -0.2) is 9.97 Å². The fourth-order valence-corrected chi connectivity index (χ4v) is 4.98. The van der Waals surface area contributed by atoms with E-state index in [4.69, 9.17) is 4.98 Å². The van der Waals surface area contributed by atoms with Crippen LogP contribution in [0.2, 0.25) is 0 Å². The number of nitrogens with zero attached hydrogens (tertiary/aromatic N) is 6. The lowest BCUT2D eigenvalue weighted by Gasteiger charge is -2.37. The highest BCUT2D eigenvalue weighted by molar-refractivity contribution is 8.01. The van der Waals surface area contributed by atoms with Crippen LogP contribution in [0, 0.1) is 6.92 Å². The molecular weight excluding hydrogens is 412 g/mol. The second kappa shape index (κ2) is 9.50. The van der Waals surface area contributed by atoms with Crippen LogP contribution in [0.5, 0.6) is 0 Å². The second-order valence-electron chi connectivity index (χ2n) is 8.36. The lowest BCUT2D eigenvalue weighted by molar-refractivity contribution is -0.141. The highest BCUT2D eigenvalue weighted by atomic mass is 32.2. The summed E-state index contributed by atoms with van der Waals surface area (Å²) in [6.45, 7) is 7.74. The number of piperazine rings is 2. The summed E-state index contributed by atoms with van der Waals surface area (Å²) in [7, 11) is 4.11. The van der Waals surface area contributed by atoms with E-state index in [1.54, 1.807) is 0 Å². The SMILES string of the molecule is Cc1nc2ccccc2nc1SC(C(=O)N1CCN(C)CC1)C(=O)N1CCN(C)CC1. The third-order valence-electron chi connectivity index (χ3n) is 6.01. The fraction of sp³-hybridized carbons (Fsp3) is 0.545. The average Bonchev–Trinajstić information content (AvgIpc) is 2.78. The van der Waals surface area contributed by atoms with Gasteiger partial charge in [-0.15, -0.1) is 0 Å². The molecule has 2 aliphatic rings. The number of amides is 2. The van der Waals surface area contributed by atoms with E-state index in [2.05, 4.69) is 28.9 Å². The number of benzene rings is 1. The zero-order valence-electron chi connectivity index (χ0n) is 18.5. The number of aromatic nitrogens is 2. The molecule has 0 radical (unpaired) electrons. The normalized spacial score (nSPS) is 18.7. The zero-order valence-corrected chi connectivity index (χ0v) is 19.3. The van der Waals surface area contributed by atoms with Gasteiger partial charge in [-0.1, -0.05) is 23.9 Å². The minimum atomic E-state index is -0.832. The Bertz CT molecular complexity index is 920. The molecule has 2 amide bonds. The van der Waals surface area contributed by atoms with E-state index in [1.165, 1.54) is 11.8 Å². The molecule has 0 bridgehead atoms. The molecule has 0 aliphatic carbocycles. The summed E-state index contributed by atoms with van der Waals surface area (Å²) in [4.78, 5) is 44.5. The largest absolute Gasteiger partial charge is 0.339 e. The first-order valence-corrected chi connectivity index (χ1v) is 11.6. The maximum absolute atomic E-state index is 13.5. The fourth-order valence-electron chi connectivity index (χ4n) is 3.89. The smallest absolute Gasteiger partial charge is 0.245 e. The van der Waals surface area contributed by atoms with E-state index in [0.717, 1.165) is 42.9 Å². The molecule has 2 fully saturated rings. The number of aryl methyl sites for hydroxylation is 1. The predicted molar refractivity (Wildman–Crippen MR) is 122 cm³/mol. The maximum Gasteiger partial charge on any atom is 0.245 e. The van der Waals surface area contributed by atoms with Gasteiger partial charge in [-0.05, 0) is 33.2 Å². The lowest BCUT2D eigenvalue weighted by Crippen LogP contribution is -2.55. The van der Waals surface area contributed by atoms with Crippen molar-refractivity contribution < 1.29 is 9.59 Å². The van der Waals surface area contributed by atoms with Crippen LogP contribution in [0.1, 0.15) is 5.69 Å². The average molecular weight is 443 g/mol. The van der Waals surface area contributed by atoms with Gasteiger partial charge in [-0.2, -0.15) is 0 Å². The lowest BCUT2D eigenvalue weighted by atomic mass is 10.2. The van der Waals surface area contributed by atoms with Gasteiger partial charge >= 0.3 is 0 Å². The van der Waals surface area contributed by atoms with E-state index in [0.29, 0.717) is 31.2 Å². The second-order valence-corrected chi connectivity index (χ2v) is 9.45. The van der Waals surface area contributed by atoms with Crippen LogP contribution in [-0.4, -0.2) is 113 Å². The molecule has 0 spiro atoms. The molecule has 0 unspecified atom stereocenters. The van der Waals surface area contributed by atoms with Crippen molar-refractivity contribution in [3.05, 3.63) is 30.0 Å². The molecule has 3 heterocycles. The standard InChI is InChI=1S/C22H30N6O2S/c1-16-20(24-18-7-5-4-6-17(18)23-16)31-19(21(29)27-12-8-25(2)9-13-27)22(30)28-14-10-26(3)11-15-28/h4-7,19H,8-15H2,1-3H3. The monoisotopic (exact) mass is 442 g/mol. The molecule has 2 aromatic rings. The van der Waals surface area contributed by atoms with Crippen molar-refractivity contribution in [2.75, 3.05) is 66.5 Å². The summed E-state index contributed by atoms with van der Waals surface area (Å²) >= 11 is 1.25. The quantitative estimate of drug-likeness (QED) is 0.516. The molecule has 2 saturated heterocycles. The van der Waals surface area contributed by atoms with Crippen molar-refractivity contribution in [3.63, 3.8) is 0 Å². The van der Waals surface area contributed by atoms with Crippen LogP contribution >= 0.6 is 11.8 Å². The number of thioether (sulfide) groups is 1. The van der Waals surface area contributed by atoms with Gasteiger partial charge in [0, 0.05) is 52.4 Å². The van der Waals surface area contributed by atoms with E-state index in [1.807, 2.05) is 41.0 Å². The minimum Gasteiger partial charge on any atom is -0.339 e. The van der Waals surface area contributed by atoms with Crippen molar-refractivity contribution in [3.8, 4) is 0 Å². The van der Waals surface area contributed by atoms with Crippen molar-refractivity contribution in [1.29, 1.82) is 0 Å². The van der Waals surface area contributed by atoms with Gasteiger partial charge in [0.2, 0.25) is 11.8 Å².